The lowest BCUT2D eigenvalue weighted by molar-refractivity contribution is -0.152. The van der Waals surface area contributed by atoms with Crippen molar-refractivity contribution in [3.05, 3.63) is 35.9 Å². The van der Waals surface area contributed by atoms with Crippen LogP contribution in [0.4, 0.5) is 0 Å². The van der Waals surface area contributed by atoms with Crippen LogP contribution in [0.25, 0.3) is 0 Å². The van der Waals surface area contributed by atoms with Crippen LogP contribution in [0.15, 0.2) is 30.3 Å². The molecule has 31 heavy (non-hydrogen) atoms. The molecule has 2 aliphatic rings. The second kappa shape index (κ2) is 10.8. The van der Waals surface area contributed by atoms with E-state index in [-0.39, 0.29) is 30.4 Å². The highest BCUT2D eigenvalue weighted by Gasteiger charge is 2.48. The molecule has 1 heterocycles. The van der Waals surface area contributed by atoms with Crippen LogP contribution in [0.3, 0.4) is 0 Å². The van der Waals surface area contributed by atoms with Crippen LogP contribution in [-0.2, 0) is 25.5 Å². The Morgan fingerprint density at radius 3 is 2.58 bits per heavy atom. The van der Waals surface area contributed by atoms with Gasteiger partial charge in [0, 0.05) is 6.04 Å². The van der Waals surface area contributed by atoms with E-state index in [1.807, 2.05) is 30.3 Å². The van der Waals surface area contributed by atoms with Crippen LogP contribution in [0, 0.1) is 5.92 Å². The summed E-state index contributed by atoms with van der Waals surface area (Å²) >= 11 is 0. The zero-order valence-corrected chi connectivity index (χ0v) is 18.5. The van der Waals surface area contributed by atoms with Crippen molar-refractivity contribution in [2.45, 2.75) is 83.0 Å². The Morgan fingerprint density at radius 2 is 1.90 bits per heavy atom. The molecule has 0 aromatic heterocycles. The number of carbonyl (C=O) groups excluding carboxylic acids is 2. The minimum atomic E-state index is -0.944. The Bertz CT molecular complexity index is 768. The SMILES string of the molecule is CCOC(=O)[C@H](CCc1ccccc1)NC(C)C(=O)N1[C@H](C(=O)O)C[C@H]2CCCC[C@@H]21. The first kappa shape index (κ1) is 23.3. The number of carbonyl (C=O) groups is 3. The number of fused-ring (bicyclic) bond motifs is 1. The smallest absolute Gasteiger partial charge is 0.326 e. The number of hydrogen-bond acceptors (Lipinski definition) is 5. The molecule has 5 atom stereocenters. The van der Waals surface area contributed by atoms with Gasteiger partial charge in [0.1, 0.15) is 12.1 Å². The molecule has 1 aliphatic heterocycles. The standard InChI is InChI=1S/C24H34N2O5/c1-3-31-24(30)19(14-13-17-9-5-4-6-10-17)25-16(2)22(27)26-20-12-8-7-11-18(20)15-21(26)23(28)29/h4-6,9-10,16,18-21,25H,3,7-8,11-15H2,1-2H3,(H,28,29)/t16?,18-,19+,20+,21+/m1/s1. The summed E-state index contributed by atoms with van der Waals surface area (Å²) in [5.74, 6) is -1.31. The fourth-order valence-electron chi connectivity index (χ4n) is 5.06. The van der Waals surface area contributed by atoms with Crippen LogP contribution >= 0.6 is 0 Å². The predicted molar refractivity (Wildman–Crippen MR) is 116 cm³/mol. The van der Waals surface area contributed by atoms with Crippen LogP contribution in [0.5, 0.6) is 0 Å². The first-order valence-electron chi connectivity index (χ1n) is 11.4. The maximum Gasteiger partial charge on any atom is 0.326 e. The highest BCUT2D eigenvalue weighted by Crippen LogP contribution is 2.40. The Morgan fingerprint density at radius 1 is 1.19 bits per heavy atom. The van der Waals surface area contributed by atoms with E-state index in [1.54, 1.807) is 18.7 Å². The number of amides is 1. The Hall–Kier alpha value is -2.41. The number of ether oxygens (including phenoxy) is 1. The number of carboxylic acids is 1. The van der Waals surface area contributed by atoms with Crippen LogP contribution in [0.2, 0.25) is 0 Å². The van der Waals surface area contributed by atoms with Crippen LogP contribution in [-0.4, -0.2) is 58.6 Å². The summed E-state index contributed by atoms with van der Waals surface area (Å²) in [5, 5.41) is 12.9. The molecular formula is C24H34N2O5. The molecule has 2 N–H and O–H groups in total. The lowest BCUT2D eigenvalue weighted by Crippen LogP contribution is -2.55. The van der Waals surface area contributed by atoms with Gasteiger partial charge in [-0.15, -0.1) is 0 Å². The van der Waals surface area contributed by atoms with E-state index in [4.69, 9.17) is 4.74 Å². The van der Waals surface area contributed by atoms with Crippen LogP contribution in [0.1, 0.15) is 57.9 Å². The third kappa shape index (κ3) is 5.64. The Labute approximate surface area is 184 Å². The molecule has 2 fully saturated rings. The zero-order valence-electron chi connectivity index (χ0n) is 18.5. The maximum absolute atomic E-state index is 13.4. The molecule has 0 bridgehead atoms. The van der Waals surface area contributed by atoms with Crippen molar-refractivity contribution in [1.29, 1.82) is 0 Å². The van der Waals surface area contributed by atoms with Crippen molar-refractivity contribution in [1.82, 2.24) is 10.2 Å². The number of aliphatic carboxylic acids is 1. The van der Waals surface area contributed by atoms with Gasteiger partial charge in [-0.25, -0.2) is 4.79 Å². The second-order valence-electron chi connectivity index (χ2n) is 8.66. The largest absolute Gasteiger partial charge is 0.480 e. The van der Waals surface area contributed by atoms with Gasteiger partial charge in [0.25, 0.3) is 0 Å². The fraction of sp³-hybridized carbons (Fsp3) is 0.625. The van der Waals surface area contributed by atoms with Crippen molar-refractivity contribution in [2.24, 2.45) is 5.92 Å². The summed E-state index contributed by atoms with van der Waals surface area (Å²) in [6.07, 6.45) is 5.62. The van der Waals surface area contributed by atoms with E-state index < -0.39 is 24.1 Å². The van der Waals surface area contributed by atoms with E-state index in [2.05, 4.69) is 5.32 Å². The highest BCUT2D eigenvalue weighted by atomic mass is 16.5. The fourth-order valence-corrected chi connectivity index (χ4v) is 5.06. The number of nitrogens with zero attached hydrogens (tertiary/aromatic N) is 1. The van der Waals surface area contributed by atoms with Gasteiger partial charge >= 0.3 is 11.9 Å². The third-order valence-corrected chi connectivity index (χ3v) is 6.58. The molecule has 0 spiro atoms. The molecule has 1 aromatic carbocycles. The lowest BCUT2D eigenvalue weighted by Gasteiger charge is -2.35. The first-order chi connectivity index (χ1) is 14.9. The number of rotatable bonds is 9. The quantitative estimate of drug-likeness (QED) is 0.585. The van der Waals surface area contributed by atoms with Gasteiger partial charge in [0.05, 0.1) is 12.6 Å². The lowest BCUT2D eigenvalue weighted by atomic mass is 9.84. The number of likely N-dealkylation sites (tertiary alicyclic amines) is 1. The van der Waals surface area contributed by atoms with E-state index in [0.29, 0.717) is 19.3 Å². The highest BCUT2D eigenvalue weighted by molar-refractivity contribution is 5.88. The second-order valence-corrected chi connectivity index (χ2v) is 8.66. The number of nitrogens with one attached hydrogen (secondary N) is 1. The molecule has 3 rings (SSSR count). The maximum atomic E-state index is 13.4. The topological polar surface area (TPSA) is 95.9 Å². The van der Waals surface area contributed by atoms with E-state index >= 15 is 0 Å². The number of aryl methyl sites for hydroxylation is 1. The molecule has 170 valence electrons. The van der Waals surface area contributed by atoms with Crippen LogP contribution < -0.4 is 5.32 Å². The van der Waals surface area contributed by atoms with Crippen molar-refractivity contribution in [2.75, 3.05) is 6.61 Å². The summed E-state index contributed by atoms with van der Waals surface area (Å²) in [6, 6.07) is 7.75. The van der Waals surface area contributed by atoms with Gasteiger partial charge in [0.15, 0.2) is 0 Å². The summed E-state index contributed by atoms with van der Waals surface area (Å²) < 4.78 is 5.22. The predicted octanol–water partition coefficient (Wildman–Crippen LogP) is 2.77. The first-order valence-corrected chi connectivity index (χ1v) is 11.4. The summed E-state index contributed by atoms with van der Waals surface area (Å²) in [5.41, 5.74) is 1.10. The van der Waals surface area contributed by atoms with Gasteiger partial charge in [0.2, 0.25) is 5.91 Å². The number of carboxylic acid groups (broad SMARTS) is 1. The van der Waals surface area contributed by atoms with E-state index in [1.165, 1.54) is 0 Å². The Kier molecular flexibility index (Phi) is 8.07. The minimum Gasteiger partial charge on any atom is -0.480 e. The normalized spacial score (nSPS) is 24.8. The van der Waals surface area contributed by atoms with Crippen molar-refractivity contribution >= 4 is 17.8 Å². The van der Waals surface area contributed by atoms with E-state index in [9.17, 15) is 19.5 Å². The minimum absolute atomic E-state index is 0.0167. The molecule has 7 nitrogen and oxygen atoms in total. The van der Waals surface area contributed by atoms with Gasteiger partial charge in [-0.3, -0.25) is 14.9 Å². The summed E-state index contributed by atoms with van der Waals surface area (Å²) in [7, 11) is 0. The number of hydrogen-bond donors (Lipinski definition) is 2. The Balaban J connectivity index is 1.70. The molecule has 1 saturated carbocycles. The van der Waals surface area contributed by atoms with Crippen molar-refractivity contribution in [3.63, 3.8) is 0 Å². The summed E-state index contributed by atoms with van der Waals surface area (Å²) in [6.45, 7) is 3.74. The molecule has 0 radical (unpaired) electrons. The van der Waals surface area contributed by atoms with Gasteiger partial charge < -0.3 is 14.7 Å². The molecule has 1 aromatic rings. The van der Waals surface area contributed by atoms with Crippen molar-refractivity contribution < 1.29 is 24.2 Å². The zero-order chi connectivity index (χ0) is 22.4. The van der Waals surface area contributed by atoms with Gasteiger partial charge in [-0.1, -0.05) is 43.2 Å². The average Bonchev–Trinajstić information content (AvgIpc) is 3.16. The molecule has 1 aliphatic carbocycles. The molecule has 1 unspecified atom stereocenters. The van der Waals surface area contributed by atoms with Gasteiger partial charge in [-0.2, -0.15) is 0 Å². The molecule has 1 saturated heterocycles. The molecule has 1 amide bonds. The monoisotopic (exact) mass is 430 g/mol. The average molecular weight is 431 g/mol. The third-order valence-electron chi connectivity index (χ3n) is 6.58. The molecular weight excluding hydrogens is 396 g/mol. The number of esters is 1. The number of benzene rings is 1. The summed E-state index contributed by atoms with van der Waals surface area (Å²) in [4.78, 5) is 39.3. The van der Waals surface area contributed by atoms with E-state index in [0.717, 1.165) is 31.2 Å². The van der Waals surface area contributed by atoms with Gasteiger partial charge in [-0.05, 0) is 57.4 Å². The molecule has 7 heteroatoms. The van der Waals surface area contributed by atoms with Crippen molar-refractivity contribution in [3.8, 4) is 0 Å².